The summed E-state index contributed by atoms with van der Waals surface area (Å²) in [7, 11) is 0. The molecule has 1 atom stereocenters. The average molecular weight is 321 g/mol. The van der Waals surface area contributed by atoms with Crippen molar-refractivity contribution >= 4 is 5.97 Å². The zero-order valence-corrected chi connectivity index (χ0v) is 14.1. The number of ether oxygens (including phenoxy) is 2. The number of likely N-dealkylation sites (tertiary alicyclic amines) is 1. The molecule has 0 amide bonds. The molecule has 0 aromatic heterocycles. The number of benzene rings is 1. The molecule has 0 saturated carbocycles. The van der Waals surface area contributed by atoms with E-state index in [4.69, 9.17) is 9.47 Å². The summed E-state index contributed by atoms with van der Waals surface area (Å²) in [6.45, 7) is 6.80. The van der Waals surface area contributed by atoms with E-state index in [1.807, 2.05) is 30.0 Å². The molecule has 128 valence electrons. The molecular weight excluding hydrogens is 294 g/mol. The van der Waals surface area contributed by atoms with Crippen molar-refractivity contribution in [3.63, 3.8) is 0 Å². The summed E-state index contributed by atoms with van der Waals surface area (Å²) in [4.78, 5) is 13.3. The van der Waals surface area contributed by atoms with Crippen LogP contribution in [0.2, 0.25) is 0 Å². The second kappa shape index (κ2) is 8.77. The Morgan fingerprint density at radius 1 is 1.30 bits per heavy atom. The number of carbonyl (C=O) groups is 1. The van der Waals surface area contributed by atoms with Gasteiger partial charge in [-0.1, -0.05) is 19.4 Å². The van der Waals surface area contributed by atoms with Gasteiger partial charge in [0.2, 0.25) is 0 Å². The van der Waals surface area contributed by atoms with Crippen LogP contribution < -0.4 is 9.47 Å². The molecule has 1 aliphatic rings. The van der Waals surface area contributed by atoms with Gasteiger partial charge in [0.05, 0.1) is 13.2 Å². The first kappa shape index (κ1) is 17.6. The van der Waals surface area contributed by atoms with E-state index in [1.165, 1.54) is 0 Å². The lowest BCUT2D eigenvalue weighted by Crippen LogP contribution is -2.35. The third kappa shape index (κ3) is 4.86. The van der Waals surface area contributed by atoms with E-state index in [9.17, 15) is 9.90 Å². The fourth-order valence-corrected chi connectivity index (χ4v) is 2.89. The molecule has 5 heteroatoms. The maximum Gasteiger partial charge on any atom is 0.320 e. The molecule has 1 saturated heterocycles. The van der Waals surface area contributed by atoms with Gasteiger partial charge >= 0.3 is 5.97 Å². The minimum atomic E-state index is -0.730. The van der Waals surface area contributed by atoms with E-state index in [0.717, 1.165) is 49.3 Å². The van der Waals surface area contributed by atoms with Crippen LogP contribution in [0.5, 0.6) is 11.5 Å². The van der Waals surface area contributed by atoms with Gasteiger partial charge in [-0.25, -0.2) is 0 Å². The predicted octanol–water partition coefficient (Wildman–Crippen LogP) is 3.31. The molecule has 1 aromatic rings. The molecule has 5 nitrogen and oxygen atoms in total. The molecular formula is C18H27NO4. The lowest BCUT2D eigenvalue weighted by Gasteiger charge is -2.21. The summed E-state index contributed by atoms with van der Waals surface area (Å²) in [6.07, 6.45) is 3.77. The van der Waals surface area contributed by atoms with Gasteiger partial charge in [0.1, 0.15) is 6.04 Å². The summed E-state index contributed by atoms with van der Waals surface area (Å²) in [6, 6.07) is 5.54. The Labute approximate surface area is 138 Å². The molecule has 1 N–H and O–H groups in total. The van der Waals surface area contributed by atoms with Crippen molar-refractivity contribution in [2.24, 2.45) is 0 Å². The quantitative estimate of drug-likeness (QED) is 0.707. The normalized spacial score (nSPS) is 18.1. The summed E-state index contributed by atoms with van der Waals surface area (Å²) >= 11 is 0. The lowest BCUT2D eigenvalue weighted by molar-refractivity contribution is -0.142. The van der Waals surface area contributed by atoms with Gasteiger partial charge in [-0.15, -0.1) is 0 Å². The highest BCUT2D eigenvalue weighted by molar-refractivity contribution is 5.73. The molecule has 23 heavy (non-hydrogen) atoms. The van der Waals surface area contributed by atoms with Crippen molar-refractivity contribution in [1.82, 2.24) is 4.90 Å². The summed E-state index contributed by atoms with van der Waals surface area (Å²) in [5.41, 5.74) is 1.06. The van der Waals surface area contributed by atoms with E-state index in [0.29, 0.717) is 19.8 Å². The van der Waals surface area contributed by atoms with Crippen molar-refractivity contribution in [3.8, 4) is 11.5 Å². The molecule has 1 fully saturated rings. The van der Waals surface area contributed by atoms with Crippen molar-refractivity contribution in [1.29, 1.82) is 0 Å². The molecule has 1 unspecified atom stereocenters. The second-order valence-electron chi connectivity index (χ2n) is 5.88. The van der Waals surface area contributed by atoms with Crippen LogP contribution in [0.25, 0.3) is 0 Å². The first-order chi connectivity index (χ1) is 11.2. The lowest BCUT2D eigenvalue weighted by atomic mass is 10.1. The van der Waals surface area contributed by atoms with Crippen LogP contribution in [0.15, 0.2) is 18.2 Å². The first-order valence-corrected chi connectivity index (χ1v) is 8.51. The van der Waals surface area contributed by atoms with Crippen LogP contribution in [0, 0.1) is 0 Å². The standard InChI is InChI=1S/C18H27NO4/c1-3-5-11-23-16-9-8-14(12-17(16)22-4-2)13-19-10-6-7-15(19)18(20)21/h8-9,12,15H,3-7,10-11,13H2,1-2H3,(H,20,21). The number of carboxylic acids is 1. The Bertz CT molecular complexity index is 518. The Balaban J connectivity index is 2.07. The fourth-order valence-electron chi connectivity index (χ4n) is 2.89. The van der Waals surface area contributed by atoms with Crippen LogP contribution in [-0.2, 0) is 11.3 Å². The number of rotatable bonds is 9. The van der Waals surface area contributed by atoms with Crippen LogP contribution >= 0.6 is 0 Å². The van der Waals surface area contributed by atoms with Gasteiger partial charge in [-0.3, -0.25) is 9.69 Å². The topological polar surface area (TPSA) is 59.0 Å². The van der Waals surface area contributed by atoms with E-state index in [-0.39, 0.29) is 6.04 Å². The van der Waals surface area contributed by atoms with Crippen LogP contribution in [0.3, 0.4) is 0 Å². The molecule has 0 spiro atoms. The van der Waals surface area contributed by atoms with E-state index >= 15 is 0 Å². The smallest absolute Gasteiger partial charge is 0.320 e. The summed E-state index contributed by atoms with van der Waals surface area (Å²) in [5, 5.41) is 9.28. The van der Waals surface area contributed by atoms with Gasteiger partial charge in [-0.2, -0.15) is 0 Å². The molecule has 1 aromatic carbocycles. The fraction of sp³-hybridized carbons (Fsp3) is 0.611. The number of nitrogens with zero attached hydrogens (tertiary/aromatic N) is 1. The van der Waals surface area contributed by atoms with Crippen molar-refractivity contribution in [3.05, 3.63) is 23.8 Å². The third-order valence-electron chi connectivity index (χ3n) is 4.10. The molecule has 2 rings (SSSR count). The highest BCUT2D eigenvalue weighted by Crippen LogP contribution is 2.30. The van der Waals surface area contributed by atoms with E-state index < -0.39 is 5.97 Å². The zero-order chi connectivity index (χ0) is 16.7. The number of aliphatic carboxylic acids is 1. The highest BCUT2D eigenvalue weighted by atomic mass is 16.5. The van der Waals surface area contributed by atoms with Crippen LogP contribution in [-0.4, -0.2) is 41.8 Å². The van der Waals surface area contributed by atoms with Crippen molar-refractivity contribution in [2.45, 2.75) is 52.1 Å². The van der Waals surface area contributed by atoms with Gasteiger partial charge in [0.15, 0.2) is 11.5 Å². The summed E-state index contributed by atoms with van der Waals surface area (Å²) in [5.74, 6) is 0.777. The number of unbranched alkanes of at least 4 members (excludes halogenated alkanes) is 1. The predicted molar refractivity (Wildman–Crippen MR) is 89.1 cm³/mol. The zero-order valence-electron chi connectivity index (χ0n) is 14.1. The van der Waals surface area contributed by atoms with Gasteiger partial charge < -0.3 is 14.6 Å². The second-order valence-corrected chi connectivity index (χ2v) is 5.88. The maximum atomic E-state index is 11.3. The SMILES string of the molecule is CCCCOc1ccc(CN2CCCC2C(=O)O)cc1OCC. The van der Waals surface area contributed by atoms with Crippen molar-refractivity contribution in [2.75, 3.05) is 19.8 Å². The minimum absolute atomic E-state index is 0.369. The van der Waals surface area contributed by atoms with E-state index in [2.05, 4.69) is 6.92 Å². The Kier molecular flexibility index (Phi) is 6.71. The van der Waals surface area contributed by atoms with Crippen LogP contribution in [0.1, 0.15) is 45.1 Å². The van der Waals surface area contributed by atoms with Gasteiger partial charge in [-0.05, 0) is 50.4 Å². The molecule has 1 aliphatic heterocycles. The third-order valence-corrected chi connectivity index (χ3v) is 4.10. The number of hydrogen-bond donors (Lipinski definition) is 1. The highest BCUT2D eigenvalue weighted by Gasteiger charge is 2.30. The first-order valence-electron chi connectivity index (χ1n) is 8.51. The molecule has 0 bridgehead atoms. The van der Waals surface area contributed by atoms with E-state index in [1.54, 1.807) is 0 Å². The molecule has 1 heterocycles. The number of hydrogen-bond acceptors (Lipinski definition) is 4. The average Bonchev–Trinajstić information content (AvgIpc) is 2.98. The Hall–Kier alpha value is -1.75. The summed E-state index contributed by atoms with van der Waals surface area (Å²) < 4.78 is 11.5. The Morgan fingerprint density at radius 3 is 2.83 bits per heavy atom. The van der Waals surface area contributed by atoms with Gasteiger partial charge in [0, 0.05) is 6.54 Å². The largest absolute Gasteiger partial charge is 0.490 e. The van der Waals surface area contributed by atoms with Gasteiger partial charge in [0.25, 0.3) is 0 Å². The molecule has 0 radical (unpaired) electrons. The van der Waals surface area contributed by atoms with Crippen LogP contribution in [0.4, 0.5) is 0 Å². The maximum absolute atomic E-state index is 11.3. The Morgan fingerprint density at radius 2 is 2.13 bits per heavy atom. The van der Waals surface area contributed by atoms with Crippen molar-refractivity contribution < 1.29 is 19.4 Å². The number of carboxylic acid groups (broad SMARTS) is 1. The molecule has 0 aliphatic carbocycles. The monoisotopic (exact) mass is 321 g/mol. The minimum Gasteiger partial charge on any atom is -0.490 e.